The largest absolute Gasteiger partial charge is 0.353 e. The third kappa shape index (κ3) is 5.16. The summed E-state index contributed by atoms with van der Waals surface area (Å²) < 4.78 is 0. The maximum atomic E-state index is 12.1. The Kier molecular flexibility index (Phi) is 5.04. The Morgan fingerprint density at radius 3 is 2.67 bits per heavy atom. The van der Waals surface area contributed by atoms with Gasteiger partial charge in [-0.1, -0.05) is 45.0 Å². The molecule has 0 aromatic heterocycles. The van der Waals surface area contributed by atoms with Crippen LogP contribution in [0, 0.1) is 5.41 Å². The van der Waals surface area contributed by atoms with Crippen molar-refractivity contribution < 1.29 is 4.79 Å². The van der Waals surface area contributed by atoms with Gasteiger partial charge in [-0.3, -0.25) is 4.79 Å². The second-order valence-corrected chi connectivity index (χ2v) is 7.50. The van der Waals surface area contributed by atoms with E-state index in [0.717, 1.165) is 25.7 Å². The molecule has 0 spiro atoms. The van der Waals surface area contributed by atoms with Crippen LogP contribution in [-0.2, 0) is 17.6 Å². The van der Waals surface area contributed by atoms with Gasteiger partial charge in [0.2, 0.25) is 5.91 Å². The van der Waals surface area contributed by atoms with Crippen molar-refractivity contribution in [2.24, 2.45) is 11.1 Å². The smallest absolute Gasteiger partial charge is 0.221 e. The number of hydrogen-bond acceptors (Lipinski definition) is 2. The van der Waals surface area contributed by atoms with Crippen LogP contribution in [0.5, 0.6) is 0 Å². The SMILES string of the molecule is CC(C)(C)CC(N)CC(=O)NC1CCc2ccccc2C1. The van der Waals surface area contributed by atoms with Gasteiger partial charge in [-0.25, -0.2) is 0 Å². The maximum absolute atomic E-state index is 12.1. The highest BCUT2D eigenvalue weighted by Gasteiger charge is 2.22. The normalized spacial score (nSPS) is 19.7. The summed E-state index contributed by atoms with van der Waals surface area (Å²) in [6.07, 6.45) is 4.31. The van der Waals surface area contributed by atoms with E-state index in [0.29, 0.717) is 6.42 Å². The van der Waals surface area contributed by atoms with E-state index < -0.39 is 0 Å². The van der Waals surface area contributed by atoms with E-state index in [2.05, 4.69) is 50.4 Å². The van der Waals surface area contributed by atoms with Crippen LogP contribution in [0.2, 0.25) is 0 Å². The van der Waals surface area contributed by atoms with E-state index in [1.807, 2.05) is 0 Å². The Morgan fingerprint density at radius 2 is 2.00 bits per heavy atom. The van der Waals surface area contributed by atoms with E-state index in [4.69, 9.17) is 5.73 Å². The molecule has 3 heteroatoms. The first-order valence-corrected chi connectivity index (χ1v) is 7.95. The molecule has 2 rings (SSSR count). The van der Waals surface area contributed by atoms with Crippen molar-refractivity contribution in [1.29, 1.82) is 0 Å². The average molecular weight is 288 g/mol. The number of nitrogens with two attached hydrogens (primary N) is 1. The topological polar surface area (TPSA) is 55.1 Å². The van der Waals surface area contributed by atoms with Crippen molar-refractivity contribution in [3.63, 3.8) is 0 Å². The molecule has 0 saturated carbocycles. The van der Waals surface area contributed by atoms with Crippen molar-refractivity contribution >= 4 is 5.91 Å². The predicted molar refractivity (Wildman–Crippen MR) is 87.1 cm³/mol. The lowest BCUT2D eigenvalue weighted by Crippen LogP contribution is -2.41. The van der Waals surface area contributed by atoms with E-state index in [1.165, 1.54) is 11.1 Å². The number of aryl methyl sites for hydroxylation is 1. The van der Waals surface area contributed by atoms with E-state index in [1.54, 1.807) is 0 Å². The molecule has 3 nitrogen and oxygen atoms in total. The predicted octanol–water partition coefficient (Wildman–Crippen LogP) is 2.81. The van der Waals surface area contributed by atoms with Gasteiger partial charge in [0, 0.05) is 18.5 Å². The third-order valence-electron chi connectivity index (χ3n) is 4.03. The zero-order chi connectivity index (χ0) is 15.5. The number of hydrogen-bond donors (Lipinski definition) is 2. The molecule has 1 aliphatic carbocycles. The summed E-state index contributed by atoms with van der Waals surface area (Å²) >= 11 is 0. The zero-order valence-corrected chi connectivity index (χ0v) is 13.5. The van der Waals surface area contributed by atoms with Crippen LogP contribution in [0.4, 0.5) is 0 Å². The molecule has 1 aromatic carbocycles. The Hall–Kier alpha value is -1.35. The van der Waals surface area contributed by atoms with E-state index >= 15 is 0 Å². The van der Waals surface area contributed by atoms with Gasteiger partial charge in [0.1, 0.15) is 0 Å². The molecular formula is C18H28N2O. The fraction of sp³-hybridized carbons (Fsp3) is 0.611. The number of nitrogens with one attached hydrogen (secondary N) is 1. The monoisotopic (exact) mass is 288 g/mol. The molecule has 116 valence electrons. The summed E-state index contributed by atoms with van der Waals surface area (Å²) in [4.78, 5) is 12.1. The number of rotatable bonds is 4. The Bertz CT molecular complexity index is 490. The van der Waals surface area contributed by atoms with Crippen molar-refractivity contribution in [2.45, 2.75) is 65.0 Å². The lowest BCUT2D eigenvalue weighted by molar-refractivity contribution is -0.122. The fourth-order valence-electron chi connectivity index (χ4n) is 3.20. The molecular weight excluding hydrogens is 260 g/mol. The van der Waals surface area contributed by atoms with Gasteiger partial charge in [0.25, 0.3) is 0 Å². The summed E-state index contributed by atoms with van der Waals surface area (Å²) in [5, 5.41) is 3.16. The second kappa shape index (κ2) is 6.61. The molecule has 0 fully saturated rings. The minimum absolute atomic E-state index is 0.0547. The summed E-state index contributed by atoms with van der Waals surface area (Å²) in [6.45, 7) is 6.47. The molecule has 1 aromatic rings. The van der Waals surface area contributed by atoms with Gasteiger partial charge >= 0.3 is 0 Å². The fourth-order valence-corrected chi connectivity index (χ4v) is 3.20. The third-order valence-corrected chi connectivity index (χ3v) is 4.03. The minimum Gasteiger partial charge on any atom is -0.353 e. The van der Waals surface area contributed by atoms with Crippen molar-refractivity contribution in [2.75, 3.05) is 0 Å². The number of carbonyl (C=O) groups is 1. The van der Waals surface area contributed by atoms with Crippen LogP contribution < -0.4 is 11.1 Å². The van der Waals surface area contributed by atoms with Crippen molar-refractivity contribution in [3.8, 4) is 0 Å². The second-order valence-electron chi connectivity index (χ2n) is 7.50. The van der Waals surface area contributed by atoms with E-state index in [9.17, 15) is 4.79 Å². The van der Waals surface area contributed by atoms with Gasteiger partial charge in [-0.05, 0) is 42.2 Å². The lowest BCUT2D eigenvalue weighted by Gasteiger charge is -2.27. The van der Waals surface area contributed by atoms with Crippen molar-refractivity contribution in [1.82, 2.24) is 5.32 Å². The molecule has 3 N–H and O–H groups in total. The van der Waals surface area contributed by atoms with Crippen LogP contribution >= 0.6 is 0 Å². The molecule has 2 unspecified atom stereocenters. The summed E-state index contributed by atoms with van der Waals surface area (Å²) in [6, 6.07) is 8.71. The van der Waals surface area contributed by atoms with Crippen LogP contribution in [-0.4, -0.2) is 18.0 Å². The van der Waals surface area contributed by atoms with Crippen LogP contribution in [0.1, 0.15) is 51.2 Å². The molecule has 0 aliphatic heterocycles. The van der Waals surface area contributed by atoms with Crippen LogP contribution in [0.25, 0.3) is 0 Å². The van der Waals surface area contributed by atoms with Crippen molar-refractivity contribution in [3.05, 3.63) is 35.4 Å². The lowest BCUT2D eigenvalue weighted by atomic mass is 9.86. The summed E-state index contributed by atoms with van der Waals surface area (Å²) in [5.41, 5.74) is 9.04. The highest BCUT2D eigenvalue weighted by molar-refractivity contribution is 5.77. The van der Waals surface area contributed by atoms with Gasteiger partial charge in [0.05, 0.1) is 0 Å². The van der Waals surface area contributed by atoms with Crippen LogP contribution in [0.15, 0.2) is 24.3 Å². The highest BCUT2D eigenvalue weighted by atomic mass is 16.1. The highest BCUT2D eigenvalue weighted by Crippen LogP contribution is 2.22. The van der Waals surface area contributed by atoms with Gasteiger partial charge in [-0.15, -0.1) is 0 Å². The Morgan fingerprint density at radius 1 is 1.33 bits per heavy atom. The average Bonchev–Trinajstić information content (AvgIpc) is 2.35. The number of carbonyl (C=O) groups excluding carboxylic acids is 1. The summed E-state index contributed by atoms with van der Waals surface area (Å²) in [5.74, 6) is 0.0936. The van der Waals surface area contributed by atoms with Crippen LogP contribution in [0.3, 0.4) is 0 Å². The molecule has 1 aliphatic rings. The number of amides is 1. The first-order chi connectivity index (χ1) is 9.83. The minimum atomic E-state index is -0.0547. The zero-order valence-electron chi connectivity index (χ0n) is 13.5. The quantitative estimate of drug-likeness (QED) is 0.895. The number of fused-ring (bicyclic) bond motifs is 1. The molecule has 0 saturated heterocycles. The number of benzene rings is 1. The molecule has 2 atom stereocenters. The Balaban J connectivity index is 1.82. The van der Waals surface area contributed by atoms with Gasteiger partial charge in [-0.2, -0.15) is 0 Å². The molecule has 21 heavy (non-hydrogen) atoms. The molecule has 0 heterocycles. The van der Waals surface area contributed by atoms with E-state index in [-0.39, 0.29) is 23.4 Å². The standard InChI is InChI=1S/C18H28N2O/c1-18(2,3)12-15(19)11-17(21)20-16-9-8-13-6-4-5-7-14(13)10-16/h4-7,15-16H,8-12,19H2,1-3H3,(H,20,21). The molecule has 1 amide bonds. The first kappa shape index (κ1) is 16.0. The maximum Gasteiger partial charge on any atom is 0.221 e. The van der Waals surface area contributed by atoms with Gasteiger partial charge < -0.3 is 11.1 Å². The van der Waals surface area contributed by atoms with Gasteiger partial charge in [0.15, 0.2) is 0 Å². The molecule has 0 radical (unpaired) electrons. The summed E-state index contributed by atoms with van der Waals surface area (Å²) in [7, 11) is 0. The first-order valence-electron chi connectivity index (χ1n) is 7.95. The molecule has 0 bridgehead atoms. The Labute approximate surface area is 128 Å².